The molecule has 2 N–H and O–H groups in total. The summed E-state index contributed by atoms with van der Waals surface area (Å²) >= 11 is 0. The van der Waals surface area contributed by atoms with Gasteiger partial charge in [-0.25, -0.2) is 4.79 Å². The van der Waals surface area contributed by atoms with Gasteiger partial charge in [0.2, 0.25) is 0 Å². The Bertz CT molecular complexity index is 209. The molecule has 0 aromatic rings. The Morgan fingerprint density at radius 1 is 1.36 bits per heavy atom. The Hall–Kier alpha value is -0.480. The molecule has 5 heteroatoms. The number of carbonyl (C=O) groups is 1. The quantitative estimate of drug-likeness (QED) is 0.694. The Morgan fingerprint density at radius 2 is 2.07 bits per heavy atom. The highest BCUT2D eigenvalue weighted by Gasteiger charge is 2.32. The summed E-state index contributed by atoms with van der Waals surface area (Å²) in [4.78, 5) is 12.3. The van der Waals surface area contributed by atoms with Crippen LogP contribution in [0.25, 0.3) is 0 Å². The van der Waals surface area contributed by atoms with E-state index in [-0.39, 0.29) is 12.4 Å². The van der Waals surface area contributed by atoms with Gasteiger partial charge < -0.3 is 15.3 Å². The molecule has 0 spiro atoms. The zero-order valence-corrected chi connectivity index (χ0v) is 8.92. The normalized spacial score (nSPS) is 27.7. The molecule has 82 valence electrons. The predicted octanol–water partition coefficient (Wildman–Crippen LogP) is 1.02. The largest absolute Gasteiger partial charge is 0.465 e. The van der Waals surface area contributed by atoms with Crippen LogP contribution < -0.4 is 5.32 Å². The van der Waals surface area contributed by atoms with Crippen LogP contribution >= 0.6 is 12.4 Å². The van der Waals surface area contributed by atoms with Crippen LogP contribution in [0, 0.1) is 11.8 Å². The zero-order chi connectivity index (χ0) is 9.26. The van der Waals surface area contributed by atoms with E-state index in [4.69, 9.17) is 5.11 Å². The summed E-state index contributed by atoms with van der Waals surface area (Å²) in [5.74, 6) is 1.33. The zero-order valence-electron chi connectivity index (χ0n) is 8.11. The first-order chi connectivity index (χ1) is 6.27. The number of hydrogen-bond donors (Lipinski definition) is 2. The van der Waals surface area contributed by atoms with Crippen LogP contribution in [0.1, 0.15) is 12.8 Å². The van der Waals surface area contributed by atoms with Crippen molar-refractivity contribution in [3.63, 3.8) is 0 Å². The van der Waals surface area contributed by atoms with Crippen molar-refractivity contribution >= 4 is 18.5 Å². The van der Waals surface area contributed by atoms with E-state index in [1.807, 2.05) is 0 Å². The number of nitrogens with one attached hydrogen (secondary N) is 1. The molecule has 2 fully saturated rings. The summed E-state index contributed by atoms with van der Waals surface area (Å²) in [5, 5.41) is 12.1. The molecule has 0 aromatic heterocycles. The molecule has 14 heavy (non-hydrogen) atoms. The summed E-state index contributed by atoms with van der Waals surface area (Å²) < 4.78 is 0. The summed E-state index contributed by atoms with van der Waals surface area (Å²) in [6.07, 6.45) is 1.49. The van der Waals surface area contributed by atoms with Crippen LogP contribution in [0.4, 0.5) is 4.79 Å². The minimum absolute atomic E-state index is 0. The van der Waals surface area contributed by atoms with E-state index in [1.165, 1.54) is 6.42 Å². The second-order valence-electron chi connectivity index (χ2n) is 4.05. The first kappa shape index (κ1) is 11.6. The van der Waals surface area contributed by atoms with Crippen LogP contribution in [0.15, 0.2) is 0 Å². The van der Waals surface area contributed by atoms with Gasteiger partial charge in [0.1, 0.15) is 0 Å². The maximum atomic E-state index is 10.7. The molecule has 4 nitrogen and oxygen atoms in total. The monoisotopic (exact) mass is 220 g/mol. The van der Waals surface area contributed by atoms with Crippen molar-refractivity contribution < 1.29 is 9.90 Å². The fraction of sp³-hybridized carbons (Fsp3) is 0.889. The fourth-order valence-electron chi connectivity index (χ4n) is 2.21. The average Bonchev–Trinajstić information content (AvgIpc) is 2.01. The van der Waals surface area contributed by atoms with Gasteiger partial charge in [-0.3, -0.25) is 0 Å². The van der Waals surface area contributed by atoms with Gasteiger partial charge in [0, 0.05) is 13.1 Å². The molecule has 1 amide bonds. The smallest absolute Gasteiger partial charge is 0.407 e. The third kappa shape index (κ3) is 2.30. The first-order valence-corrected chi connectivity index (χ1v) is 4.96. The number of nitrogens with zero attached hydrogens (tertiary/aromatic N) is 1. The summed E-state index contributed by atoms with van der Waals surface area (Å²) in [6.45, 7) is 3.64. The molecular formula is C9H17ClN2O2. The molecular weight excluding hydrogens is 204 g/mol. The molecule has 0 aromatic carbocycles. The molecule has 2 rings (SSSR count). The predicted molar refractivity (Wildman–Crippen MR) is 55.9 cm³/mol. The van der Waals surface area contributed by atoms with E-state index in [2.05, 4.69) is 5.32 Å². The minimum atomic E-state index is -0.753. The first-order valence-electron chi connectivity index (χ1n) is 4.96. The molecule has 1 atom stereocenters. The topological polar surface area (TPSA) is 52.6 Å². The van der Waals surface area contributed by atoms with Gasteiger partial charge in [-0.05, 0) is 37.8 Å². The van der Waals surface area contributed by atoms with Gasteiger partial charge in [0.05, 0.1) is 0 Å². The van der Waals surface area contributed by atoms with Gasteiger partial charge in [-0.15, -0.1) is 12.4 Å². The lowest BCUT2D eigenvalue weighted by atomic mass is 9.82. The Morgan fingerprint density at radius 3 is 2.57 bits per heavy atom. The molecule has 2 heterocycles. The SMILES string of the molecule is Cl.O=C(O)N1CCC[C@H](C2CNC2)C1. The lowest BCUT2D eigenvalue weighted by Crippen LogP contribution is -2.51. The molecule has 0 radical (unpaired) electrons. The lowest BCUT2D eigenvalue weighted by molar-refractivity contribution is 0.0919. The van der Waals surface area contributed by atoms with E-state index in [0.29, 0.717) is 5.92 Å². The third-order valence-electron chi connectivity index (χ3n) is 3.21. The number of amides is 1. The molecule has 0 unspecified atom stereocenters. The molecule has 2 saturated heterocycles. The van der Waals surface area contributed by atoms with Crippen molar-refractivity contribution in [3.8, 4) is 0 Å². The number of hydrogen-bond acceptors (Lipinski definition) is 2. The van der Waals surface area contributed by atoms with E-state index in [9.17, 15) is 4.79 Å². The fourth-order valence-corrected chi connectivity index (χ4v) is 2.21. The van der Waals surface area contributed by atoms with Crippen LogP contribution in [0.2, 0.25) is 0 Å². The number of halogens is 1. The van der Waals surface area contributed by atoms with E-state index < -0.39 is 6.09 Å². The van der Waals surface area contributed by atoms with E-state index in [0.717, 1.165) is 38.5 Å². The molecule has 0 bridgehead atoms. The summed E-state index contributed by atoms with van der Waals surface area (Å²) in [6, 6.07) is 0. The highest BCUT2D eigenvalue weighted by molar-refractivity contribution is 5.85. The van der Waals surface area contributed by atoms with Crippen molar-refractivity contribution in [2.24, 2.45) is 11.8 Å². The average molecular weight is 221 g/mol. The van der Waals surface area contributed by atoms with Gasteiger partial charge in [-0.1, -0.05) is 0 Å². The summed E-state index contributed by atoms with van der Waals surface area (Å²) in [5.41, 5.74) is 0. The highest BCUT2D eigenvalue weighted by atomic mass is 35.5. The van der Waals surface area contributed by atoms with E-state index >= 15 is 0 Å². The van der Waals surface area contributed by atoms with Crippen LogP contribution in [-0.4, -0.2) is 42.3 Å². The standard InChI is InChI=1S/C9H16N2O2.ClH/c12-9(13)11-3-1-2-7(6-11)8-4-10-5-8;/h7-8,10H,1-6H2,(H,12,13);1H/t7-;/m0./s1. The molecule has 2 aliphatic heterocycles. The van der Waals surface area contributed by atoms with Crippen molar-refractivity contribution in [3.05, 3.63) is 0 Å². The van der Waals surface area contributed by atoms with Crippen molar-refractivity contribution in [1.82, 2.24) is 10.2 Å². The Balaban J connectivity index is 0.000000980. The molecule has 0 aliphatic carbocycles. The van der Waals surface area contributed by atoms with Gasteiger partial charge in [0.15, 0.2) is 0 Å². The highest BCUT2D eigenvalue weighted by Crippen LogP contribution is 2.26. The minimum Gasteiger partial charge on any atom is -0.465 e. The number of carboxylic acid groups (broad SMARTS) is 1. The second kappa shape index (κ2) is 4.84. The van der Waals surface area contributed by atoms with Gasteiger partial charge in [0.25, 0.3) is 0 Å². The van der Waals surface area contributed by atoms with Crippen LogP contribution in [-0.2, 0) is 0 Å². The lowest BCUT2D eigenvalue weighted by Gasteiger charge is -2.40. The molecule has 2 aliphatic rings. The third-order valence-corrected chi connectivity index (χ3v) is 3.21. The number of rotatable bonds is 1. The molecule has 0 saturated carbocycles. The van der Waals surface area contributed by atoms with Gasteiger partial charge in [-0.2, -0.15) is 0 Å². The maximum absolute atomic E-state index is 10.7. The Labute approximate surface area is 90.1 Å². The van der Waals surface area contributed by atoms with Gasteiger partial charge >= 0.3 is 6.09 Å². The number of likely N-dealkylation sites (tertiary alicyclic amines) is 1. The summed E-state index contributed by atoms with van der Waals surface area (Å²) in [7, 11) is 0. The second-order valence-corrected chi connectivity index (χ2v) is 4.05. The van der Waals surface area contributed by atoms with Crippen molar-refractivity contribution in [2.45, 2.75) is 12.8 Å². The van der Waals surface area contributed by atoms with Crippen LogP contribution in [0.3, 0.4) is 0 Å². The van der Waals surface area contributed by atoms with E-state index in [1.54, 1.807) is 4.90 Å². The van der Waals surface area contributed by atoms with Crippen molar-refractivity contribution in [1.29, 1.82) is 0 Å². The number of piperidine rings is 1. The Kier molecular flexibility index (Phi) is 4.01. The van der Waals surface area contributed by atoms with Crippen LogP contribution in [0.5, 0.6) is 0 Å². The van der Waals surface area contributed by atoms with Crippen molar-refractivity contribution in [2.75, 3.05) is 26.2 Å². The maximum Gasteiger partial charge on any atom is 0.407 e.